The molecule has 0 radical (unpaired) electrons. The number of hydrogen-bond acceptors (Lipinski definition) is 6. The zero-order valence-electron chi connectivity index (χ0n) is 15.1. The lowest BCUT2D eigenvalue weighted by Gasteiger charge is -2.06. The smallest absolute Gasteiger partial charge is 0.318 e. The van der Waals surface area contributed by atoms with E-state index < -0.39 is 15.5 Å². The number of ether oxygens (including phenoxy) is 1. The summed E-state index contributed by atoms with van der Waals surface area (Å²) in [6.07, 6.45) is 1.65. The number of halogens is 1. The summed E-state index contributed by atoms with van der Waals surface area (Å²) in [5.41, 5.74) is 1.59. The van der Waals surface area contributed by atoms with Gasteiger partial charge < -0.3 is 4.74 Å². The van der Waals surface area contributed by atoms with Crippen LogP contribution in [0.15, 0.2) is 65.7 Å². The molecule has 0 atom stereocenters. The molecular formula is C20H14ClN3O5. The van der Waals surface area contributed by atoms with E-state index in [2.05, 4.69) is 4.99 Å². The summed E-state index contributed by atoms with van der Waals surface area (Å²) < 4.78 is 5.53. The predicted molar refractivity (Wildman–Crippen MR) is 110 cm³/mol. The fraction of sp³-hybridized carbons (Fsp3) is 0.0500. The van der Waals surface area contributed by atoms with Gasteiger partial charge in [0.1, 0.15) is 5.75 Å². The van der Waals surface area contributed by atoms with Gasteiger partial charge in [-0.15, -0.1) is 0 Å². The number of aliphatic imine (C=N–C) groups is 1. The molecule has 0 aliphatic heterocycles. The zero-order chi connectivity index (χ0) is 21.0. The second kappa shape index (κ2) is 8.49. The first-order valence-corrected chi connectivity index (χ1v) is 8.72. The molecule has 29 heavy (non-hydrogen) atoms. The maximum absolute atomic E-state index is 11.2. The third-order valence-electron chi connectivity index (χ3n) is 3.98. The Kier molecular flexibility index (Phi) is 5.85. The van der Waals surface area contributed by atoms with Gasteiger partial charge in [0.15, 0.2) is 0 Å². The van der Waals surface area contributed by atoms with Crippen molar-refractivity contribution >= 4 is 34.9 Å². The predicted octanol–water partition coefficient (Wildman–Crippen LogP) is 6.01. The average Bonchev–Trinajstić information content (AvgIpc) is 2.70. The van der Waals surface area contributed by atoms with Crippen LogP contribution in [0.25, 0.3) is 0 Å². The van der Waals surface area contributed by atoms with Gasteiger partial charge in [0.2, 0.25) is 5.75 Å². The Morgan fingerprint density at radius 3 is 2.31 bits per heavy atom. The Hall–Kier alpha value is -3.78. The van der Waals surface area contributed by atoms with Crippen LogP contribution in [0.1, 0.15) is 11.1 Å². The van der Waals surface area contributed by atoms with Crippen molar-refractivity contribution in [2.24, 2.45) is 4.99 Å². The Bertz CT molecular complexity index is 1110. The molecule has 0 bridgehead atoms. The van der Waals surface area contributed by atoms with Crippen LogP contribution in [0.2, 0.25) is 5.02 Å². The maximum Gasteiger partial charge on any atom is 0.318 e. The van der Waals surface area contributed by atoms with E-state index in [-0.39, 0.29) is 11.4 Å². The second-order valence-electron chi connectivity index (χ2n) is 6.03. The fourth-order valence-corrected chi connectivity index (χ4v) is 2.58. The molecule has 0 amide bonds. The van der Waals surface area contributed by atoms with E-state index in [1.807, 2.05) is 19.1 Å². The monoisotopic (exact) mass is 411 g/mol. The van der Waals surface area contributed by atoms with Gasteiger partial charge in [-0.05, 0) is 60.5 Å². The number of nitro benzene ring substituents is 2. The van der Waals surface area contributed by atoms with E-state index in [1.54, 1.807) is 36.5 Å². The minimum absolute atomic E-state index is 0.0867. The molecule has 0 spiro atoms. The van der Waals surface area contributed by atoms with Crippen LogP contribution in [0, 0.1) is 27.2 Å². The van der Waals surface area contributed by atoms with Gasteiger partial charge >= 0.3 is 5.69 Å². The van der Waals surface area contributed by atoms with Crippen molar-refractivity contribution in [3.05, 3.63) is 97.0 Å². The topological polar surface area (TPSA) is 108 Å². The van der Waals surface area contributed by atoms with Crippen molar-refractivity contribution in [3.8, 4) is 11.5 Å². The average molecular weight is 412 g/mol. The van der Waals surface area contributed by atoms with Crippen LogP contribution in [0.4, 0.5) is 17.1 Å². The number of nitrogens with zero attached hydrogens (tertiary/aromatic N) is 3. The largest absolute Gasteiger partial charge is 0.450 e. The lowest BCUT2D eigenvalue weighted by Crippen LogP contribution is -1.96. The van der Waals surface area contributed by atoms with Gasteiger partial charge in [0.05, 0.1) is 21.6 Å². The molecule has 0 fully saturated rings. The number of aryl methyl sites for hydroxylation is 1. The summed E-state index contributed by atoms with van der Waals surface area (Å²) in [4.78, 5) is 24.9. The van der Waals surface area contributed by atoms with Gasteiger partial charge in [-0.1, -0.05) is 17.7 Å². The Labute approximate surface area is 170 Å². The van der Waals surface area contributed by atoms with Gasteiger partial charge in [-0.2, -0.15) is 0 Å². The van der Waals surface area contributed by atoms with Crippen molar-refractivity contribution in [2.75, 3.05) is 0 Å². The first kappa shape index (κ1) is 20.0. The second-order valence-corrected chi connectivity index (χ2v) is 6.44. The molecule has 0 aliphatic carbocycles. The number of nitro groups is 2. The molecule has 146 valence electrons. The zero-order valence-corrected chi connectivity index (χ0v) is 15.9. The highest BCUT2D eigenvalue weighted by atomic mass is 35.5. The van der Waals surface area contributed by atoms with Crippen LogP contribution in [0.5, 0.6) is 11.5 Å². The summed E-state index contributed by atoms with van der Waals surface area (Å²) in [5, 5.41) is 22.6. The molecule has 0 saturated heterocycles. The molecule has 3 rings (SSSR count). The molecule has 0 aliphatic rings. The third kappa shape index (κ3) is 4.94. The van der Waals surface area contributed by atoms with E-state index in [1.165, 1.54) is 6.07 Å². The molecule has 3 aromatic rings. The van der Waals surface area contributed by atoms with E-state index >= 15 is 0 Å². The Morgan fingerprint density at radius 2 is 1.69 bits per heavy atom. The molecule has 9 heteroatoms. The number of non-ortho nitro benzene ring substituents is 1. The number of benzene rings is 3. The van der Waals surface area contributed by atoms with Gasteiger partial charge in [0.25, 0.3) is 5.69 Å². The van der Waals surface area contributed by atoms with Crippen molar-refractivity contribution in [2.45, 2.75) is 6.92 Å². The van der Waals surface area contributed by atoms with E-state index in [0.29, 0.717) is 16.5 Å². The van der Waals surface area contributed by atoms with Crippen molar-refractivity contribution in [1.29, 1.82) is 0 Å². The molecular weight excluding hydrogens is 398 g/mol. The Balaban J connectivity index is 1.77. The van der Waals surface area contributed by atoms with Crippen LogP contribution in [-0.4, -0.2) is 16.1 Å². The number of hydrogen-bond donors (Lipinski definition) is 0. The molecule has 0 unspecified atom stereocenters. The Morgan fingerprint density at radius 1 is 0.966 bits per heavy atom. The van der Waals surface area contributed by atoms with Crippen molar-refractivity contribution in [3.63, 3.8) is 0 Å². The minimum Gasteiger partial charge on any atom is -0.450 e. The fourth-order valence-electron chi connectivity index (χ4n) is 2.41. The lowest BCUT2D eigenvalue weighted by molar-refractivity contribution is -0.394. The summed E-state index contributed by atoms with van der Waals surface area (Å²) in [7, 11) is 0. The highest BCUT2D eigenvalue weighted by Crippen LogP contribution is 2.34. The maximum atomic E-state index is 11.2. The van der Waals surface area contributed by atoms with Crippen LogP contribution < -0.4 is 4.74 Å². The third-order valence-corrected chi connectivity index (χ3v) is 4.38. The molecule has 0 heterocycles. The molecule has 0 aromatic heterocycles. The van der Waals surface area contributed by atoms with Crippen LogP contribution >= 0.6 is 11.6 Å². The summed E-state index contributed by atoms with van der Waals surface area (Å²) in [5.74, 6) is 0.258. The molecule has 0 saturated carbocycles. The molecule has 8 nitrogen and oxygen atoms in total. The van der Waals surface area contributed by atoms with Crippen molar-refractivity contribution in [1.82, 2.24) is 0 Å². The van der Waals surface area contributed by atoms with Crippen molar-refractivity contribution < 1.29 is 14.6 Å². The molecule has 0 N–H and O–H groups in total. The van der Waals surface area contributed by atoms with Gasteiger partial charge in [-0.25, -0.2) is 0 Å². The van der Waals surface area contributed by atoms with E-state index in [9.17, 15) is 20.2 Å². The van der Waals surface area contributed by atoms with Gasteiger partial charge in [-0.3, -0.25) is 25.2 Å². The summed E-state index contributed by atoms with van der Waals surface area (Å²) in [6.45, 7) is 1.91. The molecule has 3 aromatic carbocycles. The minimum atomic E-state index is -0.726. The summed E-state index contributed by atoms with van der Waals surface area (Å²) >= 11 is 6.08. The standard InChI is InChI=1S/C20H14ClN3O5/c1-13-2-5-15(10-18(13)21)22-12-14-3-7-17(8-4-14)29-20-9-6-16(23(25)26)11-19(20)24(27)28/h2-12H,1H3. The van der Waals surface area contributed by atoms with E-state index in [0.717, 1.165) is 23.3 Å². The highest BCUT2D eigenvalue weighted by molar-refractivity contribution is 6.31. The number of rotatable bonds is 6. The first-order chi connectivity index (χ1) is 13.8. The SMILES string of the molecule is Cc1ccc(N=Cc2ccc(Oc3ccc([N+](=O)[O-])cc3[N+](=O)[O-])cc2)cc1Cl. The van der Waals surface area contributed by atoms with Gasteiger partial charge in [0, 0.05) is 17.3 Å². The van der Waals surface area contributed by atoms with E-state index in [4.69, 9.17) is 16.3 Å². The quantitative estimate of drug-likeness (QED) is 0.280. The van der Waals surface area contributed by atoms with Crippen LogP contribution in [0.3, 0.4) is 0 Å². The normalized spacial score (nSPS) is 10.8. The summed E-state index contributed by atoms with van der Waals surface area (Å²) in [6, 6.07) is 15.4. The highest BCUT2D eigenvalue weighted by Gasteiger charge is 2.21. The lowest BCUT2D eigenvalue weighted by atomic mass is 10.2. The van der Waals surface area contributed by atoms with Crippen LogP contribution in [-0.2, 0) is 0 Å². The first-order valence-electron chi connectivity index (χ1n) is 8.34.